The fourth-order valence-electron chi connectivity index (χ4n) is 1.55. The largest absolute Gasteiger partial charge is 0.399 e. The standard InChI is InChI=1S/C13H13BrN2O2S/c1-9-2-7-13(12(14)8-9)16-19(17,18)11-5-3-10(15)4-6-11/h2-8,16H,15H2,1H3. The van der Waals surface area contributed by atoms with Gasteiger partial charge in [0.05, 0.1) is 10.6 Å². The zero-order chi connectivity index (χ0) is 14.0. The molecule has 0 saturated heterocycles. The first kappa shape index (κ1) is 13.9. The lowest BCUT2D eigenvalue weighted by molar-refractivity contribution is 0.601. The van der Waals surface area contributed by atoms with E-state index in [1.807, 2.05) is 19.1 Å². The second-order valence-electron chi connectivity index (χ2n) is 4.16. The van der Waals surface area contributed by atoms with Crippen molar-refractivity contribution >= 4 is 37.3 Å². The van der Waals surface area contributed by atoms with E-state index in [9.17, 15) is 8.42 Å². The molecule has 4 nitrogen and oxygen atoms in total. The maximum absolute atomic E-state index is 12.2. The fourth-order valence-corrected chi connectivity index (χ4v) is 3.36. The summed E-state index contributed by atoms with van der Waals surface area (Å²) in [5, 5.41) is 0. The van der Waals surface area contributed by atoms with Gasteiger partial charge in [0, 0.05) is 10.2 Å². The predicted molar refractivity (Wildman–Crippen MR) is 80.5 cm³/mol. The molecule has 0 bridgehead atoms. The van der Waals surface area contributed by atoms with E-state index in [0.717, 1.165) is 5.56 Å². The minimum absolute atomic E-state index is 0.175. The van der Waals surface area contributed by atoms with Crippen LogP contribution in [0.15, 0.2) is 51.8 Å². The third-order valence-electron chi connectivity index (χ3n) is 2.56. The van der Waals surface area contributed by atoms with Crippen LogP contribution in [0, 0.1) is 6.92 Å². The zero-order valence-corrected chi connectivity index (χ0v) is 12.6. The predicted octanol–water partition coefficient (Wildman–Crippen LogP) is 3.14. The quantitative estimate of drug-likeness (QED) is 0.843. The smallest absolute Gasteiger partial charge is 0.261 e. The highest BCUT2D eigenvalue weighted by Gasteiger charge is 2.15. The van der Waals surface area contributed by atoms with Crippen molar-refractivity contribution in [1.82, 2.24) is 0 Å². The number of anilines is 2. The van der Waals surface area contributed by atoms with Gasteiger partial charge in [-0.1, -0.05) is 6.07 Å². The number of sulfonamides is 1. The van der Waals surface area contributed by atoms with Gasteiger partial charge in [0.2, 0.25) is 0 Å². The summed E-state index contributed by atoms with van der Waals surface area (Å²) >= 11 is 3.34. The van der Waals surface area contributed by atoms with Crippen LogP contribution in [0.25, 0.3) is 0 Å². The van der Waals surface area contributed by atoms with Crippen molar-refractivity contribution in [3.63, 3.8) is 0 Å². The van der Waals surface area contributed by atoms with Gasteiger partial charge in [-0.15, -0.1) is 0 Å². The van der Waals surface area contributed by atoms with Gasteiger partial charge in [0.15, 0.2) is 0 Å². The highest BCUT2D eigenvalue weighted by Crippen LogP contribution is 2.26. The topological polar surface area (TPSA) is 72.2 Å². The van der Waals surface area contributed by atoms with Gasteiger partial charge in [-0.05, 0) is 64.8 Å². The first-order valence-electron chi connectivity index (χ1n) is 5.53. The summed E-state index contributed by atoms with van der Waals surface area (Å²) in [5.41, 5.74) is 7.61. The Morgan fingerprint density at radius 1 is 1.11 bits per heavy atom. The summed E-state index contributed by atoms with van der Waals surface area (Å²) in [7, 11) is -3.60. The first-order chi connectivity index (χ1) is 8.88. The lowest BCUT2D eigenvalue weighted by atomic mass is 10.2. The third kappa shape index (κ3) is 3.27. The molecule has 0 fully saturated rings. The first-order valence-corrected chi connectivity index (χ1v) is 7.80. The van der Waals surface area contributed by atoms with E-state index < -0.39 is 10.0 Å². The van der Waals surface area contributed by atoms with E-state index in [-0.39, 0.29) is 4.90 Å². The van der Waals surface area contributed by atoms with Gasteiger partial charge < -0.3 is 5.73 Å². The molecule has 0 aliphatic heterocycles. The summed E-state index contributed by atoms with van der Waals surface area (Å²) in [6.45, 7) is 1.93. The van der Waals surface area contributed by atoms with E-state index in [2.05, 4.69) is 20.7 Å². The molecule has 19 heavy (non-hydrogen) atoms. The average molecular weight is 341 g/mol. The lowest BCUT2D eigenvalue weighted by Crippen LogP contribution is -2.13. The highest BCUT2D eigenvalue weighted by atomic mass is 79.9. The molecule has 2 aromatic carbocycles. The van der Waals surface area contributed by atoms with Crippen molar-refractivity contribution in [3.8, 4) is 0 Å². The number of hydrogen-bond acceptors (Lipinski definition) is 3. The summed E-state index contributed by atoms with van der Waals surface area (Å²) in [6, 6.07) is 11.5. The van der Waals surface area contributed by atoms with Crippen molar-refractivity contribution in [2.24, 2.45) is 0 Å². The Morgan fingerprint density at radius 2 is 1.74 bits per heavy atom. The molecule has 2 rings (SSSR count). The minimum Gasteiger partial charge on any atom is -0.399 e. The van der Waals surface area contributed by atoms with Gasteiger partial charge in [-0.2, -0.15) is 0 Å². The Labute approximate surface area is 120 Å². The van der Waals surface area contributed by atoms with Gasteiger partial charge in [0.25, 0.3) is 10.0 Å². The van der Waals surface area contributed by atoms with Crippen molar-refractivity contribution in [2.45, 2.75) is 11.8 Å². The Bertz CT molecular complexity index is 697. The van der Waals surface area contributed by atoms with Gasteiger partial charge in [0.1, 0.15) is 0 Å². The molecule has 3 N–H and O–H groups in total. The number of nitrogen functional groups attached to an aromatic ring is 1. The molecule has 0 radical (unpaired) electrons. The van der Waals surface area contributed by atoms with Crippen LogP contribution in [0.1, 0.15) is 5.56 Å². The Balaban J connectivity index is 2.33. The monoisotopic (exact) mass is 340 g/mol. The van der Waals surface area contributed by atoms with Gasteiger partial charge >= 0.3 is 0 Å². The number of rotatable bonds is 3. The summed E-state index contributed by atoms with van der Waals surface area (Å²) in [5.74, 6) is 0. The molecule has 0 saturated carbocycles. The molecule has 100 valence electrons. The number of nitrogens with two attached hydrogens (primary N) is 1. The fraction of sp³-hybridized carbons (Fsp3) is 0.0769. The van der Waals surface area contributed by atoms with Crippen molar-refractivity contribution in [2.75, 3.05) is 10.5 Å². The van der Waals surface area contributed by atoms with Crippen molar-refractivity contribution in [1.29, 1.82) is 0 Å². The Hall–Kier alpha value is -1.53. The summed E-state index contributed by atoms with van der Waals surface area (Å²) in [6.07, 6.45) is 0. The maximum atomic E-state index is 12.2. The van der Waals surface area contributed by atoms with Crippen molar-refractivity contribution < 1.29 is 8.42 Å². The van der Waals surface area contributed by atoms with E-state index in [1.165, 1.54) is 12.1 Å². The van der Waals surface area contributed by atoms with Crippen LogP contribution >= 0.6 is 15.9 Å². The van der Waals surface area contributed by atoms with Crippen LogP contribution in [0.2, 0.25) is 0 Å². The van der Waals surface area contributed by atoms with Crippen LogP contribution in [0.5, 0.6) is 0 Å². The summed E-state index contributed by atoms with van der Waals surface area (Å²) in [4.78, 5) is 0.175. The molecule has 0 atom stereocenters. The third-order valence-corrected chi connectivity index (χ3v) is 4.60. The van der Waals surface area contributed by atoms with E-state index in [4.69, 9.17) is 5.73 Å². The molecule has 0 aliphatic carbocycles. The lowest BCUT2D eigenvalue weighted by Gasteiger charge is -2.10. The van der Waals surface area contributed by atoms with Gasteiger partial charge in [-0.25, -0.2) is 8.42 Å². The van der Waals surface area contributed by atoms with Crippen LogP contribution in [-0.4, -0.2) is 8.42 Å². The molecule has 6 heteroatoms. The van der Waals surface area contributed by atoms with Crippen LogP contribution in [0.3, 0.4) is 0 Å². The molecule has 2 aromatic rings. The molecule has 0 heterocycles. The molecular formula is C13H13BrN2O2S. The molecule has 0 aliphatic rings. The number of aryl methyl sites for hydroxylation is 1. The Morgan fingerprint density at radius 3 is 2.32 bits per heavy atom. The number of benzene rings is 2. The Kier molecular flexibility index (Phi) is 3.82. The second kappa shape index (κ2) is 5.22. The van der Waals surface area contributed by atoms with E-state index >= 15 is 0 Å². The molecule has 0 spiro atoms. The SMILES string of the molecule is Cc1ccc(NS(=O)(=O)c2ccc(N)cc2)c(Br)c1. The van der Waals surface area contributed by atoms with Crippen molar-refractivity contribution in [3.05, 3.63) is 52.5 Å². The molecular weight excluding hydrogens is 328 g/mol. The van der Waals surface area contributed by atoms with E-state index in [1.54, 1.807) is 18.2 Å². The minimum atomic E-state index is -3.60. The highest BCUT2D eigenvalue weighted by molar-refractivity contribution is 9.10. The zero-order valence-electron chi connectivity index (χ0n) is 10.2. The normalized spacial score (nSPS) is 11.3. The average Bonchev–Trinajstić information content (AvgIpc) is 2.33. The van der Waals surface area contributed by atoms with Crippen LogP contribution in [0.4, 0.5) is 11.4 Å². The van der Waals surface area contributed by atoms with E-state index in [0.29, 0.717) is 15.8 Å². The second-order valence-corrected chi connectivity index (χ2v) is 6.69. The number of nitrogens with one attached hydrogen (secondary N) is 1. The van der Waals surface area contributed by atoms with Crippen LogP contribution < -0.4 is 10.5 Å². The summed E-state index contributed by atoms with van der Waals surface area (Å²) < 4.78 is 27.6. The number of halogens is 1. The number of hydrogen-bond donors (Lipinski definition) is 2. The molecule has 0 unspecified atom stereocenters. The maximum Gasteiger partial charge on any atom is 0.261 e. The molecule has 0 aromatic heterocycles. The van der Waals surface area contributed by atoms with Crippen LogP contribution in [-0.2, 0) is 10.0 Å². The molecule has 0 amide bonds. The van der Waals surface area contributed by atoms with Gasteiger partial charge in [-0.3, -0.25) is 4.72 Å².